The highest BCUT2D eigenvalue weighted by molar-refractivity contribution is 7.99. The van der Waals surface area contributed by atoms with E-state index in [4.69, 9.17) is 0 Å². The summed E-state index contributed by atoms with van der Waals surface area (Å²) in [5, 5.41) is 3.38. The summed E-state index contributed by atoms with van der Waals surface area (Å²) in [5.41, 5.74) is 3.06. The average Bonchev–Trinajstić information content (AvgIpc) is 2.77. The topological polar surface area (TPSA) is 12.0 Å². The van der Waals surface area contributed by atoms with E-state index < -0.39 is 0 Å². The summed E-state index contributed by atoms with van der Waals surface area (Å²) < 4.78 is 0. The van der Waals surface area contributed by atoms with Crippen molar-refractivity contribution in [2.45, 2.75) is 43.5 Å². The van der Waals surface area contributed by atoms with Crippen LogP contribution in [-0.2, 0) is 6.42 Å². The van der Waals surface area contributed by atoms with Crippen molar-refractivity contribution in [2.75, 3.05) is 12.8 Å². The normalized spacial score (nSPS) is 18.2. The van der Waals surface area contributed by atoms with Gasteiger partial charge in [-0.3, -0.25) is 0 Å². The number of benzene rings is 1. The quantitative estimate of drug-likeness (QED) is 0.858. The van der Waals surface area contributed by atoms with Crippen molar-refractivity contribution in [3.8, 4) is 0 Å². The Kier molecular flexibility index (Phi) is 3.93. The highest BCUT2D eigenvalue weighted by atomic mass is 32.2. The Morgan fingerprint density at radius 1 is 1.44 bits per heavy atom. The summed E-state index contributed by atoms with van der Waals surface area (Å²) in [6, 6.07) is 7.61. The number of nitrogens with one attached hydrogen (secondary N) is 1. The van der Waals surface area contributed by atoms with Gasteiger partial charge < -0.3 is 5.32 Å². The Bertz CT molecular complexity index is 362. The summed E-state index contributed by atoms with van der Waals surface area (Å²) in [6.07, 6.45) is 2.45. The van der Waals surface area contributed by atoms with Crippen LogP contribution in [0.25, 0.3) is 0 Å². The minimum Gasteiger partial charge on any atom is -0.317 e. The van der Waals surface area contributed by atoms with Gasteiger partial charge in [-0.15, -0.1) is 11.8 Å². The zero-order chi connectivity index (χ0) is 11.5. The summed E-state index contributed by atoms with van der Waals surface area (Å²) in [7, 11) is 2.05. The van der Waals surface area contributed by atoms with Gasteiger partial charge in [0.1, 0.15) is 0 Å². The number of hydrogen-bond acceptors (Lipinski definition) is 2. The van der Waals surface area contributed by atoms with Crippen LogP contribution in [0.2, 0.25) is 0 Å². The highest BCUT2D eigenvalue weighted by Gasteiger charge is 2.18. The van der Waals surface area contributed by atoms with Crippen molar-refractivity contribution < 1.29 is 0 Å². The molecule has 0 saturated carbocycles. The Labute approximate surface area is 103 Å². The Balaban J connectivity index is 2.25. The molecule has 16 heavy (non-hydrogen) atoms. The van der Waals surface area contributed by atoms with Gasteiger partial charge in [-0.2, -0.15) is 0 Å². The Morgan fingerprint density at radius 3 is 2.94 bits per heavy atom. The van der Waals surface area contributed by atoms with E-state index in [1.54, 1.807) is 5.56 Å². The van der Waals surface area contributed by atoms with Crippen LogP contribution in [0.1, 0.15) is 37.3 Å². The molecule has 0 radical (unpaired) electrons. The fourth-order valence-electron chi connectivity index (χ4n) is 2.52. The fraction of sp³-hybridized carbons (Fsp3) is 0.571. The smallest absolute Gasteiger partial charge is 0.0105 e. The molecule has 88 valence electrons. The van der Waals surface area contributed by atoms with E-state index in [2.05, 4.69) is 44.4 Å². The number of aryl methyl sites for hydroxylation is 1. The van der Waals surface area contributed by atoms with Crippen molar-refractivity contribution in [3.63, 3.8) is 0 Å². The number of likely N-dealkylation sites (N-methyl/N-ethyl adjacent to an activating group) is 1. The molecule has 1 aromatic rings. The molecule has 1 nitrogen and oxygen atoms in total. The molecule has 0 saturated heterocycles. The third-order valence-electron chi connectivity index (χ3n) is 3.64. The molecule has 2 rings (SSSR count). The van der Waals surface area contributed by atoms with Crippen molar-refractivity contribution >= 4 is 11.8 Å². The average molecular weight is 235 g/mol. The first kappa shape index (κ1) is 12.0. The minimum atomic E-state index is 0.553. The van der Waals surface area contributed by atoms with E-state index in [-0.39, 0.29) is 0 Å². The molecule has 1 heterocycles. The molecule has 0 amide bonds. The largest absolute Gasteiger partial charge is 0.317 e. The van der Waals surface area contributed by atoms with Gasteiger partial charge in [-0.05, 0) is 49.9 Å². The lowest BCUT2D eigenvalue weighted by Gasteiger charge is -2.23. The second kappa shape index (κ2) is 5.24. The number of rotatable bonds is 4. The summed E-state index contributed by atoms with van der Waals surface area (Å²) in [6.45, 7) is 4.55. The molecule has 0 aromatic heterocycles. The molecule has 0 fully saturated rings. The second-order valence-electron chi connectivity index (χ2n) is 4.56. The maximum Gasteiger partial charge on any atom is 0.0105 e. The predicted octanol–water partition coefficient (Wildman–Crippen LogP) is 3.44. The van der Waals surface area contributed by atoms with Crippen LogP contribution >= 0.6 is 11.8 Å². The van der Waals surface area contributed by atoms with E-state index >= 15 is 0 Å². The van der Waals surface area contributed by atoms with Crippen LogP contribution in [0.3, 0.4) is 0 Å². The van der Waals surface area contributed by atoms with Crippen molar-refractivity contribution in [3.05, 3.63) is 29.3 Å². The van der Waals surface area contributed by atoms with E-state index in [1.807, 2.05) is 11.8 Å². The summed E-state index contributed by atoms with van der Waals surface area (Å²) in [5.74, 6) is 1.90. The van der Waals surface area contributed by atoms with Crippen LogP contribution in [0, 0.1) is 0 Å². The lowest BCUT2D eigenvalue weighted by molar-refractivity contribution is 0.482. The number of hydrogen-bond donors (Lipinski definition) is 1. The van der Waals surface area contributed by atoms with Gasteiger partial charge in [-0.1, -0.05) is 19.1 Å². The monoisotopic (exact) mass is 235 g/mol. The number of fused-ring (bicyclic) bond motifs is 1. The van der Waals surface area contributed by atoms with Gasteiger partial charge in [0.05, 0.1) is 0 Å². The highest BCUT2D eigenvalue weighted by Crippen LogP contribution is 2.34. The molecular weight excluding hydrogens is 214 g/mol. The molecule has 0 spiro atoms. The molecule has 1 N–H and O–H groups in total. The number of thioether (sulfide) groups is 1. The van der Waals surface area contributed by atoms with E-state index in [0.717, 1.165) is 0 Å². The summed E-state index contributed by atoms with van der Waals surface area (Å²) in [4.78, 5) is 1.50. The zero-order valence-corrected chi connectivity index (χ0v) is 11.2. The minimum absolute atomic E-state index is 0.553. The third-order valence-corrected chi connectivity index (χ3v) is 4.76. The van der Waals surface area contributed by atoms with Gasteiger partial charge in [0, 0.05) is 16.7 Å². The van der Waals surface area contributed by atoms with Gasteiger partial charge in [0.2, 0.25) is 0 Å². The van der Waals surface area contributed by atoms with E-state index in [1.165, 1.54) is 29.1 Å². The first-order valence-corrected chi connectivity index (χ1v) is 7.17. The van der Waals surface area contributed by atoms with Crippen LogP contribution in [0.15, 0.2) is 23.1 Å². The fourth-order valence-corrected chi connectivity index (χ4v) is 3.57. The molecule has 0 aliphatic carbocycles. The standard InChI is InChI=1S/C14H21NS/c1-4-13(10(2)15-3)11-5-6-14-12(9-11)7-8-16-14/h5-6,9-10,13,15H,4,7-8H2,1-3H3. The van der Waals surface area contributed by atoms with Crippen molar-refractivity contribution in [1.29, 1.82) is 0 Å². The molecule has 2 unspecified atom stereocenters. The molecule has 1 aliphatic heterocycles. The van der Waals surface area contributed by atoms with E-state index in [0.29, 0.717) is 12.0 Å². The van der Waals surface area contributed by atoms with Gasteiger partial charge in [-0.25, -0.2) is 0 Å². The maximum absolute atomic E-state index is 3.38. The van der Waals surface area contributed by atoms with Crippen LogP contribution in [-0.4, -0.2) is 18.8 Å². The molecule has 1 aliphatic rings. The molecule has 2 heteroatoms. The molecule has 1 aromatic carbocycles. The van der Waals surface area contributed by atoms with Gasteiger partial charge >= 0.3 is 0 Å². The van der Waals surface area contributed by atoms with E-state index in [9.17, 15) is 0 Å². The Hall–Kier alpha value is -0.470. The molecule has 0 bridgehead atoms. The lowest BCUT2D eigenvalue weighted by atomic mass is 9.89. The summed E-state index contributed by atoms with van der Waals surface area (Å²) >= 11 is 1.99. The van der Waals surface area contributed by atoms with Crippen LogP contribution in [0.5, 0.6) is 0 Å². The van der Waals surface area contributed by atoms with Crippen LogP contribution < -0.4 is 5.32 Å². The van der Waals surface area contributed by atoms with Crippen LogP contribution in [0.4, 0.5) is 0 Å². The van der Waals surface area contributed by atoms with Gasteiger partial charge in [0.15, 0.2) is 0 Å². The lowest BCUT2D eigenvalue weighted by Crippen LogP contribution is -2.28. The SMILES string of the molecule is CCC(c1ccc2c(c1)CCS2)C(C)NC. The molecular formula is C14H21NS. The molecule has 2 atom stereocenters. The van der Waals surface area contributed by atoms with Crippen molar-refractivity contribution in [1.82, 2.24) is 5.32 Å². The zero-order valence-electron chi connectivity index (χ0n) is 10.4. The third kappa shape index (κ3) is 2.28. The predicted molar refractivity (Wildman–Crippen MR) is 72.4 cm³/mol. The second-order valence-corrected chi connectivity index (χ2v) is 5.69. The first-order valence-electron chi connectivity index (χ1n) is 6.19. The Morgan fingerprint density at radius 2 is 2.25 bits per heavy atom. The first-order chi connectivity index (χ1) is 7.76. The van der Waals surface area contributed by atoms with Gasteiger partial charge in [0.25, 0.3) is 0 Å². The van der Waals surface area contributed by atoms with Crippen molar-refractivity contribution in [2.24, 2.45) is 0 Å². The maximum atomic E-state index is 3.38.